The van der Waals surface area contributed by atoms with E-state index in [1.807, 2.05) is 0 Å². The molecule has 0 atom stereocenters. The van der Waals surface area contributed by atoms with Crippen molar-refractivity contribution in [2.75, 3.05) is 0 Å². The van der Waals surface area contributed by atoms with E-state index in [2.05, 4.69) is 5.32 Å². The summed E-state index contributed by atoms with van der Waals surface area (Å²) >= 11 is 5.54. The molecule has 1 aliphatic carbocycles. The fraction of sp³-hybridized carbons (Fsp3) is 0.357. The second-order valence-corrected chi connectivity index (χ2v) is 5.16. The molecule has 0 aliphatic heterocycles. The molecule has 1 saturated carbocycles. The lowest BCUT2D eigenvalue weighted by molar-refractivity contribution is 0.103. The Morgan fingerprint density at radius 1 is 1.42 bits per heavy atom. The molecule has 0 heterocycles. The number of aryl methyl sites for hydroxylation is 1. The molecule has 0 radical (unpaired) electrons. The van der Waals surface area contributed by atoms with Crippen molar-refractivity contribution in [1.82, 2.24) is 5.32 Å². The van der Waals surface area contributed by atoms with Gasteiger partial charge in [-0.25, -0.2) is 8.78 Å². The molecule has 5 heteroatoms. The molecule has 1 N–H and O–H groups in total. The van der Waals surface area contributed by atoms with Gasteiger partial charge in [-0.3, -0.25) is 4.79 Å². The van der Waals surface area contributed by atoms with Crippen LogP contribution < -0.4 is 5.32 Å². The number of allylic oxidation sites excluding steroid dienone is 1. The smallest absolute Gasteiger partial charge is 0.193 e. The Hall–Kier alpha value is -1.42. The number of ketones is 1. The first-order valence-corrected chi connectivity index (χ1v) is 6.41. The molecule has 0 saturated heterocycles. The zero-order valence-electron chi connectivity index (χ0n) is 10.7. The largest absolute Gasteiger partial charge is 0.388 e. The van der Waals surface area contributed by atoms with Crippen LogP contribution in [0.4, 0.5) is 8.78 Å². The Morgan fingerprint density at radius 3 is 2.63 bits per heavy atom. The third kappa shape index (κ3) is 2.95. The number of Topliss-reactive ketones (excluding diaryl/α,β-unsaturated/α-hetero) is 1. The van der Waals surface area contributed by atoms with Gasteiger partial charge >= 0.3 is 0 Å². The van der Waals surface area contributed by atoms with Crippen LogP contribution in [-0.4, -0.2) is 11.8 Å². The van der Waals surface area contributed by atoms with Crippen molar-refractivity contribution >= 4 is 17.4 Å². The van der Waals surface area contributed by atoms with Crippen LogP contribution in [0.5, 0.6) is 0 Å². The number of rotatable bonds is 4. The van der Waals surface area contributed by atoms with Gasteiger partial charge in [0.05, 0.1) is 5.56 Å². The highest BCUT2D eigenvalue weighted by Gasteiger charge is 2.22. The van der Waals surface area contributed by atoms with E-state index in [4.69, 9.17) is 11.6 Å². The van der Waals surface area contributed by atoms with Gasteiger partial charge in [-0.15, -0.1) is 0 Å². The summed E-state index contributed by atoms with van der Waals surface area (Å²) in [5, 5.41) is 2.42. The van der Waals surface area contributed by atoms with Crippen molar-refractivity contribution in [3.05, 3.63) is 45.6 Å². The Labute approximate surface area is 115 Å². The number of carbonyl (C=O) groups excluding carboxylic acids is 1. The van der Waals surface area contributed by atoms with Crippen LogP contribution in [0.2, 0.25) is 5.02 Å². The molecule has 102 valence electrons. The predicted octanol–water partition coefficient (Wildman–Crippen LogP) is 3.77. The van der Waals surface area contributed by atoms with Crippen LogP contribution in [0.15, 0.2) is 17.8 Å². The van der Waals surface area contributed by atoms with E-state index in [1.54, 1.807) is 13.1 Å². The van der Waals surface area contributed by atoms with E-state index in [1.165, 1.54) is 13.0 Å². The standard InChI is InChI=1S/C14H14ClF2NO/c1-7-5-10(13(17)11(15)12(7)16)14(19)8(2)6-18-9-3-4-9/h5-6,9,18H,3-4H2,1-2H3/b8-6+. The number of hydrogen-bond donors (Lipinski definition) is 1. The molecule has 0 unspecified atom stereocenters. The molecule has 1 fully saturated rings. The zero-order chi connectivity index (χ0) is 14.2. The maximum Gasteiger partial charge on any atom is 0.193 e. The summed E-state index contributed by atoms with van der Waals surface area (Å²) in [6.07, 6.45) is 3.73. The third-order valence-electron chi connectivity index (χ3n) is 3.04. The molecule has 1 aliphatic rings. The molecule has 2 nitrogen and oxygen atoms in total. The highest BCUT2D eigenvalue weighted by atomic mass is 35.5. The average molecular weight is 286 g/mol. The SMILES string of the molecule is C/C(=C\NC1CC1)C(=O)c1cc(C)c(F)c(Cl)c1F. The minimum atomic E-state index is -1.01. The van der Waals surface area contributed by atoms with Crippen LogP contribution in [0.3, 0.4) is 0 Å². The van der Waals surface area contributed by atoms with Gasteiger partial charge in [0.1, 0.15) is 10.8 Å². The Balaban J connectivity index is 2.30. The highest BCUT2D eigenvalue weighted by molar-refractivity contribution is 6.31. The first-order valence-electron chi connectivity index (χ1n) is 6.03. The summed E-state index contributed by atoms with van der Waals surface area (Å²) in [5.41, 5.74) is 0.320. The number of benzene rings is 1. The summed E-state index contributed by atoms with van der Waals surface area (Å²) in [6, 6.07) is 1.60. The summed E-state index contributed by atoms with van der Waals surface area (Å²) in [4.78, 5) is 12.1. The van der Waals surface area contributed by atoms with Crippen LogP contribution in [0, 0.1) is 18.6 Å². The number of hydrogen-bond acceptors (Lipinski definition) is 2. The first kappa shape index (κ1) is 14.0. The van der Waals surface area contributed by atoms with Gasteiger partial charge in [0.15, 0.2) is 11.6 Å². The Kier molecular flexibility index (Phi) is 3.90. The molecule has 19 heavy (non-hydrogen) atoms. The van der Waals surface area contributed by atoms with E-state index in [-0.39, 0.29) is 11.1 Å². The summed E-state index contributed by atoms with van der Waals surface area (Å²) in [7, 11) is 0. The van der Waals surface area contributed by atoms with Gasteiger partial charge in [-0.2, -0.15) is 0 Å². The molecule has 0 amide bonds. The van der Waals surface area contributed by atoms with Gasteiger partial charge < -0.3 is 5.32 Å². The van der Waals surface area contributed by atoms with E-state index in [0.29, 0.717) is 11.6 Å². The van der Waals surface area contributed by atoms with E-state index in [9.17, 15) is 13.6 Å². The van der Waals surface area contributed by atoms with Crippen molar-refractivity contribution in [3.8, 4) is 0 Å². The summed E-state index contributed by atoms with van der Waals surface area (Å²) < 4.78 is 27.2. The fourth-order valence-corrected chi connectivity index (χ4v) is 1.92. The molecule has 0 spiro atoms. The highest BCUT2D eigenvalue weighted by Crippen LogP contribution is 2.26. The van der Waals surface area contributed by atoms with Crippen LogP contribution in [0.25, 0.3) is 0 Å². The second kappa shape index (κ2) is 5.29. The van der Waals surface area contributed by atoms with Crippen LogP contribution in [0.1, 0.15) is 35.7 Å². The van der Waals surface area contributed by atoms with Crippen LogP contribution >= 0.6 is 11.6 Å². The summed E-state index contributed by atoms with van der Waals surface area (Å²) in [5.74, 6) is -2.32. The van der Waals surface area contributed by atoms with Crippen molar-refractivity contribution in [2.24, 2.45) is 0 Å². The van der Waals surface area contributed by atoms with Crippen molar-refractivity contribution < 1.29 is 13.6 Å². The number of carbonyl (C=O) groups is 1. The maximum atomic E-state index is 13.8. The lowest BCUT2D eigenvalue weighted by atomic mass is 10.0. The van der Waals surface area contributed by atoms with Crippen LogP contribution in [-0.2, 0) is 0 Å². The minimum absolute atomic E-state index is 0.151. The predicted molar refractivity (Wildman–Crippen MR) is 70.4 cm³/mol. The topological polar surface area (TPSA) is 29.1 Å². The van der Waals surface area contributed by atoms with Crippen molar-refractivity contribution in [2.45, 2.75) is 32.7 Å². The molecule has 0 aromatic heterocycles. The van der Waals surface area contributed by atoms with Crippen molar-refractivity contribution in [1.29, 1.82) is 0 Å². The van der Waals surface area contributed by atoms with E-state index < -0.39 is 22.4 Å². The zero-order valence-corrected chi connectivity index (χ0v) is 11.4. The van der Waals surface area contributed by atoms with E-state index in [0.717, 1.165) is 12.8 Å². The van der Waals surface area contributed by atoms with Crippen molar-refractivity contribution in [3.63, 3.8) is 0 Å². The second-order valence-electron chi connectivity index (χ2n) is 4.78. The summed E-state index contributed by atoms with van der Waals surface area (Å²) in [6.45, 7) is 3.03. The molecular formula is C14H14ClF2NO. The monoisotopic (exact) mass is 285 g/mol. The Bertz CT molecular complexity index is 565. The van der Waals surface area contributed by atoms with Gasteiger partial charge in [-0.05, 0) is 38.3 Å². The quantitative estimate of drug-likeness (QED) is 0.518. The van der Waals surface area contributed by atoms with Gasteiger partial charge in [0.25, 0.3) is 0 Å². The maximum absolute atomic E-state index is 13.8. The normalized spacial score (nSPS) is 15.5. The number of nitrogens with one attached hydrogen (secondary N) is 1. The fourth-order valence-electron chi connectivity index (χ4n) is 1.67. The molecule has 1 aromatic carbocycles. The third-order valence-corrected chi connectivity index (χ3v) is 3.38. The molecule has 1 aromatic rings. The molecule has 0 bridgehead atoms. The average Bonchev–Trinajstić information content (AvgIpc) is 3.21. The van der Waals surface area contributed by atoms with Gasteiger partial charge in [0, 0.05) is 17.8 Å². The van der Waals surface area contributed by atoms with Gasteiger partial charge in [0.2, 0.25) is 0 Å². The Morgan fingerprint density at radius 2 is 2.05 bits per heavy atom. The molecular weight excluding hydrogens is 272 g/mol. The lowest BCUT2D eigenvalue weighted by Crippen LogP contribution is -2.12. The van der Waals surface area contributed by atoms with Gasteiger partial charge in [-0.1, -0.05) is 11.6 Å². The number of halogens is 3. The lowest BCUT2D eigenvalue weighted by Gasteiger charge is -2.08. The first-order chi connectivity index (χ1) is 8.91. The minimum Gasteiger partial charge on any atom is -0.388 e. The molecule has 2 rings (SSSR count). The van der Waals surface area contributed by atoms with E-state index >= 15 is 0 Å².